The molecule has 1 aliphatic heterocycles. The van der Waals surface area contributed by atoms with Crippen LogP contribution in [0, 0.1) is 0 Å². The first-order chi connectivity index (χ1) is 10.2. The van der Waals surface area contributed by atoms with Crippen LogP contribution in [-0.4, -0.2) is 20.7 Å². The van der Waals surface area contributed by atoms with Crippen molar-refractivity contribution in [3.05, 3.63) is 59.3 Å². The number of nitrogens with zero attached hydrogens (tertiary/aromatic N) is 1. The summed E-state index contributed by atoms with van der Waals surface area (Å²) in [6.45, 7) is 0.582. The Hall–Kier alpha value is -1.82. The minimum Gasteiger partial charge on any atom is -0.493 e. The fourth-order valence-corrected chi connectivity index (χ4v) is 3.56. The Morgan fingerprint density at radius 3 is 2.86 bits per heavy atom. The van der Waals surface area contributed by atoms with Crippen LogP contribution in [0.3, 0.4) is 0 Å². The van der Waals surface area contributed by atoms with Crippen LogP contribution < -0.4 is 4.74 Å². The van der Waals surface area contributed by atoms with Gasteiger partial charge < -0.3 is 4.74 Å². The van der Waals surface area contributed by atoms with Gasteiger partial charge in [0.25, 0.3) is 0 Å². The lowest BCUT2D eigenvalue weighted by Crippen LogP contribution is -2.01. The Balaban J connectivity index is 1.60. The molecule has 0 bridgehead atoms. The summed E-state index contributed by atoms with van der Waals surface area (Å²) in [6.07, 6.45) is 7.14. The number of aromatic nitrogens is 1. The Morgan fingerprint density at radius 1 is 1.14 bits per heavy atom. The van der Waals surface area contributed by atoms with E-state index >= 15 is 0 Å². The van der Waals surface area contributed by atoms with Crippen LogP contribution in [0.2, 0.25) is 0 Å². The van der Waals surface area contributed by atoms with E-state index in [-0.39, 0.29) is 0 Å². The van der Waals surface area contributed by atoms with Crippen molar-refractivity contribution in [3.8, 4) is 5.75 Å². The molecule has 0 atom stereocenters. The second kappa shape index (κ2) is 5.89. The smallest absolute Gasteiger partial charge is 0.128 e. The van der Waals surface area contributed by atoms with Gasteiger partial charge in [-0.05, 0) is 42.7 Å². The average molecular weight is 303 g/mol. The second-order valence-electron chi connectivity index (χ2n) is 4.88. The van der Waals surface area contributed by atoms with Gasteiger partial charge in [-0.1, -0.05) is 12.1 Å². The molecule has 5 heteroatoms. The molecule has 0 amide bonds. The highest BCUT2D eigenvalue weighted by molar-refractivity contribution is 8.27. The van der Waals surface area contributed by atoms with Gasteiger partial charge in [0.05, 0.1) is 11.5 Å². The lowest BCUT2D eigenvalue weighted by atomic mass is 10.1. The predicted octanol–water partition coefficient (Wildman–Crippen LogP) is 4.19. The summed E-state index contributed by atoms with van der Waals surface area (Å²) in [5.74, 6) is 0.701. The van der Waals surface area contributed by atoms with E-state index in [2.05, 4.69) is 4.98 Å². The average Bonchev–Trinajstić information content (AvgIpc) is 2.81. The van der Waals surface area contributed by atoms with E-state index in [4.69, 9.17) is 4.74 Å². The fourth-order valence-electron chi connectivity index (χ4n) is 2.32. The normalized spacial score (nSPS) is 16.5. The summed E-state index contributed by atoms with van der Waals surface area (Å²) >= 11 is 0. The topological polar surface area (TPSA) is 62.6 Å². The summed E-state index contributed by atoms with van der Waals surface area (Å²) in [5.41, 5.74) is 1.97. The quantitative estimate of drug-likeness (QED) is 0.813. The van der Waals surface area contributed by atoms with Gasteiger partial charge in [0.2, 0.25) is 0 Å². The molecule has 0 radical (unpaired) electrons. The maximum atomic E-state index is 9.88. The molecule has 0 saturated carbocycles. The Labute approximate surface area is 125 Å². The molecule has 0 fully saturated rings. The predicted molar refractivity (Wildman–Crippen MR) is 84.6 cm³/mol. The first kappa shape index (κ1) is 14.1. The van der Waals surface area contributed by atoms with Crippen molar-refractivity contribution in [1.29, 1.82) is 0 Å². The van der Waals surface area contributed by atoms with Crippen molar-refractivity contribution in [2.24, 2.45) is 0 Å². The Morgan fingerprint density at radius 2 is 2.05 bits per heavy atom. The number of benzene rings is 1. The molecule has 1 aromatic carbocycles. The van der Waals surface area contributed by atoms with Crippen LogP contribution in [0.5, 0.6) is 5.75 Å². The van der Waals surface area contributed by atoms with Gasteiger partial charge in [-0.3, -0.25) is 14.1 Å². The Kier molecular flexibility index (Phi) is 3.96. The standard InChI is InChI=1S/C16H17NO3S/c18-21(19)11-8-14-15(6-1-7-16(14)21)20-10-3-5-13-4-2-9-17-12-13/h1-2,4,6-9,11-12,18-19H,3,5,10H2. The lowest BCUT2D eigenvalue weighted by Gasteiger charge is -2.25. The number of aryl methyl sites for hydroxylation is 1. The van der Waals surface area contributed by atoms with Crippen LogP contribution in [0.1, 0.15) is 17.5 Å². The molecule has 2 heterocycles. The number of fused-ring (bicyclic) bond motifs is 1. The molecule has 4 nitrogen and oxygen atoms in total. The zero-order valence-corrected chi connectivity index (χ0v) is 12.3. The van der Waals surface area contributed by atoms with Gasteiger partial charge in [0, 0.05) is 23.4 Å². The molecule has 110 valence electrons. The number of pyridine rings is 1. The van der Waals surface area contributed by atoms with E-state index in [0.717, 1.165) is 18.4 Å². The lowest BCUT2D eigenvalue weighted by molar-refractivity contribution is 0.309. The highest BCUT2D eigenvalue weighted by Gasteiger charge is 2.23. The number of hydrogen-bond acceptors (Lipinski definition) is 4. The van der Waals surface area contributed by atoms with E-state index in [1.807, 2.05) is 24.4 Å². The van der Waals surface area contributed by atoms with Crippen molar-refractivity contribution in [2.75, 3.05) is 6.61 Å². The number of hydrogen-bond donors (Lipinski definition) is 2. The van der Waals surface area contributed by atoms with Crippen LogP contribution >= 0.6 is 10.6 Å². The van der Waals surface area contributed by atoms with Gasteiger partial charge in [-0.2, -0.15) is 0 Å². The van der Waals surface area contributed by atoms with Crippen LogP contribution in [-0.2, 0) is 6.42 Å². The van der Waals surface area contributed by atoms with Crippen molar-refractivity contribution >= 4 is 16.7 Å². The molecule has 2 aromatic rings. The zero-order valence-electron chi connectivity index (χ0n) is 11.5. The molecular weight excluding hydrogens is 286 g/mol. The first-order valence-corrected chi connectivity index (χ1v) is 8.39. The minimum absolute atomic E-state index is 0.548. The summed E-state index contributed by atoms with van der Waals surface area (Å²) in [6, 6.07) is 9.35. The van der Waals surface area contributed by atoms with Crippen LogP contribution in [0.4, 0.5) is 0 Å². The van der Waals surface area contributed by atoms with Crippen molar-refractivity contribution in [1.82, 2.24) is 4.98 Å². The minimum atomic E-state index is -2.77. The van der Waals surface area contributed by atoms with E-state index in [9.17, 15) is 9.11 Å². The molecule has 0 aliphatic carbocycles. The van der Waals surface area contributed by atoms with Crippen LogP contribution in [0.25, 0.3) is 6.08 Å². The summed E-state index contributed by atoms with van der Waals surface area (Å²) in [4.78, 5) is 4.63. The van der Waals surface area contributed by atoms with Crippen molar-refractivity contribution in [3.63, 3.8) is 0 Å². The van der Waals surface area contributed by atoms with E-state index in [1.54, 1.807) is 24.4 Å². The summed E-state index contributed by atoms with van der Waals surface area (Å²) in [5, 5.41) is 1.44. The molecule has 1 aromatic heterocycles. The SMILES string of the molecule is OS1(O)C=Cc2c(OCCCc3cccnc3)cccc21. The Bertz CT molecular complexity index is 656. The van der Waals surface area contributed by atoms with Gasteiger partial charge in [0.15, 0.2) is 0 Å². The van der Waals surface area contributed by atoms with Gasteiger partial charge >= 0.3 is 0 Å². The van der Waals surface area contributed by atoms with Gasteiger partial charge in [0.1, 0.15) is 5.75 Å². The van der Waals surface area contributed by atoms with Crippen molar-refractivity contribution in [2.45, 2.75) is 17.7 Å². The van der Waals surface area contributed by atoms with Gasteiger partial charge in [-0.25, -0.2) is 0 Å². The number of ether oxygens (including phenoxy) is 1. The molecule has 21 heavy (non-hydrogen) atoms. The third-order valence-corrected chi connectivity index (χ3v) is 4.88. The van der Waals surface area contributed by atoms with E-state index in [1.165, 1.54) is 11.0 Å². The second-order valence-corrected chi connectivity index (χ2v) is 6.77. The van der Waals surface area contributed by atoms with E-state index < -0.39 is 10.6 Å². The molecule has 3 rings (SSSR count). The fraction of sp³-hybridized carbons (Fsp3) is 0.188. The van der Waals surface area contributed by atoms with Gasteiger partial charge in [-0.15, -0.1) is 10.6 Å². The highest BCUT2D eigenvalue weighted by Crippen LogP contribution is 2.57. The molecular formula is C16H17NO3S. The third kappa shape index (κ3) is 3.10. The molecule has 2 N–H and O–H groups in total. The highest BCUT2D eigenvalue weighted by atomic mass is 32.3. The largest absolute Gasteiger partial charge is 0.493 e. The molecule has 0 unspecified atom stereocenters. The summed E-state index contributed by atoms with van der Waals surface area (Å²) < 4.78 is 25.5. The maximum Gasteiger partial charge on any atom is 0.128 e. The molecule has 0 spiro atoms. The third-order valence-electron chi connectivity index (χ3n) is 3.36. The summed E-state index contributed by atoms with van der Waals surface area (Å²) in [7, 11) is -2.77. The molecule has 1 aliphatic rings. The van der Waals surface area contributed by atoms with Crippen LogP contribution in [0.15, 0.2) is 53.0 Å². The monoisotopic (exact) mass is 303 g/mol. The van der Waals surface area contributed by atoms with E-state index in [0.29, 0.717) is 17.3 Å². The zero-order chi connectivity index (χ0) is 14.7. The molecule has 0 saturated heterocycles. The number of rotatable bonds is 5. The van der Waals surface area contributed by atoms with Crippen molar-refractivity contribution < 1.29 is 13.8 Å². The maximum absolute atomic E-state index is 9.88. The first-order valence-electron chi connectivity index (χ1n) is 6.78.